The molecule has 0 fully saturated rings. The van der Waals surface area contributed by atoms with Gasteiger partial charge in [0.15, 0.2) is 0 Å². The van der Waals surface area contributed by atoms with Crippen LogP contribution >= 0.6 is 0 Å². The molecule has 0 rings (SSSR count). The van der Waals surface area contributed by atoms with Crippen LogP contribution in [0.4, 0.5) is 17.6 Å². The van der Waals surface area contributed by atoms with E-state index in [4.69, 9.17) is 0 Å². The summed E-state index contributed by atoms with van der Waals surface area (Å²) in [5.74, 6) is 0. The summed E-state index contributed by atoms with van der Waals surface area (Å²) in [4.78, 5) is 0. The summed E-state index contributed by atoms with van der Waals surface area (Å²) in [5.41, 5.74) is 0. The standard InChI is InChI=1S/C7H10F4/c1-2-5(8)6(9)3-4-7(10)11/h2,5-7H,1,3-4H2. The van der Waals surface area contributed by atoms with E-state index in [1.807, 2.05) is 0 Å². The van der Waals surface area contributed by atoms with Crippen molar-refractivity contribution in [2.24, 2.45) is 0 Å². The predicted octanol–water partition coefficient (Wildman–Crippen LogP) is 2.89. The quantitative estimate of drug-likeness (QED) is 0.439. The molecule has 0 aliphatic rings. The third-order valence-corrected chi connectivity index (χ3v) is 1.23. The molecule has 0 aromatic carbocycles. The second-order valence-corrected chi connectivity index (χ2v) is 2.16. The molecule has 2 atom stereocenters. The fourth-order valence-corrected chi connectivity index (χ4v) is 0.592. The minimum Gasteiger partial charge on any atom is -0.244 e. The van der Waals surface area contributed by atoms with E-state index >= 15 is 0 Å². The zero-order chi connectivity index (χ0) is 8.85. The van der Waals surface area contributed by atoms with E-state index in [1.54, 1.807) is 0 Å². The van der Waals surface area contributed by atoms with Gasteiger partial charge in [0.2, 0.25) is 6.43 Å². The molecule has 0 bridgehead atoms. The monoisotopic (exact) mass is 170 g/mol. The van der Waals surface area contributed by atoms with Crippen LogP contribution in [0.1, 0.15) is 12.8 Å². The molecule has 0 nitrogen and oxygen atoms in total. The lowest BCUT2D eigenvalue weighted by Crippen LogP contribution is -2.15. The van der Waals surface area contributed by atoms with Crippen LogP contribution in [0.25, 0.3) is 0 Å². The largest absolute Gasteiger partial charge is 0.244 e. The van der Waals surface area contributed by atoms with Gasteiger partial charge in [-0.25, -0.2) is 17.6 Å². The summed E-state index contributed by atoms with van der Waals surface area (Å²) in [7, 11) is 0. The van der Waals surface area contributed by atoms with E-state index in [0.29, 0.717) is 0 Å². The average Bonchev–Trinajstić information content (AvgIpc) is 1.98. The zero-order valence-corrected chi connectivity index (χ0v) is 5.94. The molecule has 0 spiro atoms. The van der Waals surface area contributed by atoms with Crippen molar-refractivity contribution >= 4 is 0 Å². The van der Waals surface area contributed by atoms with Crippen molar-refractivity contribution in [2.45, 2.75) is 31.6 Å². The van der Waals surface area contributed by atoms with Crippen LogP contribution < -0.4 is 0 Å². The molecule has 0 saturated carbocycles. The summed E-state index contributed by atoms with van der Waals surface area (Å²) < 4.78 is 47.5. The lowest BCUT2D eigenvalue weighted by Gasteiger charge is -2.08. The van der Waals surface area contributed by atoms with Gasteiger partial charge in [0.1, 0.15) is 12.3 Å². The lowest BCUT2D eigenvalue weighted by atomic mass is 10.1. The van der Waals surface area contributed by atoms with Gasteiger partial charge < -0.3 is 0 Å². The van der Waals surface area contributed by atoms with E-state index in [9.17, 15) is 17.6 Å². The van der Waals surface area contributed by atoms with Crippen molar-refractivity contribution < 1.29 is 17.6 Å². The highest BCUT2D eigenvalue weighted by molar-refractivity contribution is 4.84. The maximum atomic E-state index is 12.4. The fourth-order valence-electron chi connectivity index (χ4n) is 0.592. The number of hydrogen-bond donors (Lipinski definition) is 0. The maximum Gasteiger partial charge on any atom is 0.238 e. The number of rotatable bonds is 5. The Morgan fingerprint density at radius 1 is 1.09 bits per heavy atom. The second-order valence-electron chi connectivity index (χ2n) is 2.16. The third-order valence-electron chi connectivity index (χ3n) is 1.23. The van der Waals surface area contributed by atoms with Gasteiger partial charge in [0, 0.05) is 6.42 Å². The third kappa shape index (κ3) is 4.81. The molecule has 0 radical (unpaired) electrons. The minimum atomic E-state index is -2.56. The molecule has 0 saturated heterocycles. The van der Waals surface area contributed by atoms with Crippen LogP contribution in [0.2, 0.25) is 0 Å². The molecule has 0 heterocycles. The van der Waals surface area contributed by atoms with Crippen molar-refractivity contribution in [1.82, 2.24) is 0 Å². The Balaban J connectivity index is 3.51. The average molecular weight is 170 g/mol. The van der Waals surface area contributed by atoms with Crippen LogP contribution in [0.15, 0.2) is 12.7 Å². The summed E-state index contributed by atoms with van der Waals surface area (Å²) in [5, 5.41) is 0. The summed E-state index contributed by atoms with van der Waals surface area (Å²) in [6, 6.07) is 0. The Labute approximate surface area is 62.9 Å². The van der Waals surface area contributed by atoms with Gasteiger partial charge in [-0.3, -0.25) is 0 Å². The Morgan fingerprint density at radius 2 is 1.64 bits per heavy atom. The van der Waals surface area contributed by atoms with Crippen molar-refractivity contribution in [1.29, 1.82) is 0 Å². The van der Waals surface area contributed by atoms with E-state index in [-0.39, 0.29) is 0 Å². The van der Waals surface area contributed by atoms with E-state index in [1.165, 1.54) is 0 Å². The van der Waals surface area contributed by atoms with Gasteiger partial charge in [-0.2, -0.15) is 0 Å². The fraction of sp³-hybridized carbons (Fsp3) is 0.714. The van der Waals surface area contributed by atoms with Crippen molar-refractivity contribution in [3.8, 4) is 0 Å². The van der Waals surface area contributed by atoms with Gasteiger partial charge in [-0.15, -0.1) is 6.58 Å². The summed E-state index contributed by atoms with van der Waals surface area (Å²) in [6.45, 7) is 3.01. The topological polar surface area (TPSA) is 0 Å². The van der Waals surface area contributed by atoms with Crippen LogP contribution in [0.5, 0.6) is 0 Å². The van der Waals surface area contributed by atoms with Gasteiger partial charge >= 0.3 is 0 Å². The zero-order valence-electron chi connectivity index (χ0n) is 5.94. The Bertz CT molecular complexity index is 113. The molecule has 0 aromatic heterocycles. The van der Waals surface area contributed by atoms with Crippen LogP contribution in [0.3, 0.4) is 0 Å². The van der Waals surface area contributed by atoms with Crippen molar-refractivity contribution in [3.05, 3.63) is 12.7 Å². The van der Waals surface area contributed by atoms with Crippen LogP contribution in [-0.4, -0.2) is 18.8 Å². The summed E-state index contributed by atoms with van der Waals surface area (Å²) >= 11 is 0. The van der Waals surface area contributed by atoms with E-state index in [2.05, 4.69) is 6.58 Å². The number of halogens is 4. The second kappa shape index (κ2) is 5.16. The first kappa shape index (κ1) is 10.5. The van der Waals surface area contributed by atoms with E-state index < -0.39 is 31.6 Å². The Kier molecular flexibility index (Phi) is 4.90. The van der Waals surface area contributed by atoms with Gasteiger partial charge in [-0.05, 0) is 6.42 Å². The molecule has 0 N–H and O–H groups in total. The van der Waals surface area contributed by atoms with E-state index in [0.717, 1.165) is 6.08 Å². The smallest absolute Gasteiger partial charge is 0.238 e. The first-order valence-electron chi connectivity index (χ1n) is 3.26. The molecule has 11 heavy (non-hydrogen) atoms. The molecule has 0 amide bonds. The molecule has 0 aromatic rings. The molecule has 0 aliphatic carbocycles. The summed E-state index contributed by atoms with van der Waals surface area (Å²) in [6.07, 6.45) is -6.52. The molecule has 4 heteroatoms. The molecular formula is C7H10F4. The highest BCUT2D eigenvalue weighted by Crippen LogP contribution is 2.14. The normalized spacial score (nSPS) is 16.5. The lowest BCUT2D eigenvalue weighted by molar-refractivity contribution is 0.107. The van der Waals surface area contributed by atoms with Crippen LogP contribution in [0, 0.1) is 0 Å². The maximum absolute atomic E-state index is 12.4. The SMILES string of the molecule is C=CC(F)C(F)CCC(F)F. The van der Waals surface area contributed by atoms with Crippen molar-refractivity contribution in [3.63, 3.8) is 0 Å². The van der Waals surface area contributed by atoms with Crippen LogP contribution in [-0.2, 0) is 0 Å². The van der Waals surface area contributed by atoms with Gasteiger partial charge in [-0.1, -0.05) is 6.08 Å². The number of alkyl halides is 4. The number of allylic oxidation sites excluding steroid dienone is 1. The van der Waals surface area contributed by atoms with Gasteiger partial charge in [0.05, 0.1) is 0 Å². The first-order valence-corrected chi connectivity index (χ1v) is 3.26. The highest BCUT2D eigenvalue weighted by Gasteiger charge is 2.18. The van der Waals surface area contributed by atoms with Crippen molar-refractivity contribution in [2.75, 3.05) is 0 Å². The Morgan fingerprint density at radius 3 is 2.00 bits per heavy atom. The number of hydrogen-bond acceptors (Lipinski definition) is 0. The van der Waals surface area contributed by atoms with Gasteiger partial charge in [0.25, 0.3) is 0 Å². The minimum absolute atomic E-state index is 0.454. The Hall–Kier alpha value is -0.540. The first-order chi connectivity index (χ1) is 5.07. The highest BCUT2D eigenvalue weighted by atomic mass is 19.3. The predicted molar refractivity (Wildman–Crippen MR) is 35.2 cm³/mol. The molecular weight excluding hydrogens is 160 g/mol. The molecule has 2 unspecified atom stereocenters. The molecule has 66 valence electrons. The molecule has 0 aliphatic heterocycles.